The second-order valence-corrected chi connectivity index (χ2v) is 8.57. The van der Waals surface area contributed by atoms with Gasteiger partial charge in [-0.05, 0) is 24.3 Å². The first kappa shape index (κ1) is 18.6. The third kappa shape index (κ3) is 3.17. The Morgan fingerprint density at radius 2 is 1.90 bits per heavy atom. The number of thiophene rings is 2. The number of carbonyl (C=O) groups is 1. The number of nitrogens with one attached hydrogen (secondary N) is 2. The van der Waals surface area contributed by atoms with E-state index in [2.05, 4.69) is 32.6 Å². The summed E-state index contributed by atoms with van der Waals surface area (Å²) in [7, 11) is 3.16. The molecule has 0 fully saturated rings. The molecular weight excluding hydrogens is 420 g/mol. The summed E-state index contributed by atoms with van der Waals surface area (Å²) >= 11 is 3.16. The number of H-pyrrole nitrogens is 1. The van der Waals surface area contributed by atoms with Crippen LogP contribution in [-0.2, 0) is 0 Å². The molecule has 3 aromatic heterocycles. The Kier molecular flexibility index (Phi) is 4.61. The zero-order chi connectivity index (χ0) is 20.7. The van der Waals surface area contributed by atoms with Crippen molar-refractivity contribution in [1.82, 2.24) is 15.2 Å². The Morgan fingerprint density at radius 3 is 2.73 bits per heavy atom. The van der Waals surface area contributed by atoms with Gasteiger partial charge in [0.1, 0.15) is 11.5 Å². The summed E-state index contributed by atoms with van der Waals surface area (Å²) in [5, 5.41) is 10.9. The smallest absolute Gasteiger partial charge is 0.268 e. The van der Waals surface area contributed by atoms with E-state index in [1.54, 1.807) is 37.7 Å². The van der Waals surface area contributed by atoms with Crippen LogP contribution in [0.25, 0.3) is 30.9 Å². The van der Waals surface area contributed by atoms with Crippen LogP contribution in [0.1, 0.15) is 9.67 Å². The van der Waals surface area contributed by atoms with Crippen molar-refractivity contribution in [3.8, 4) is 22.9 Å². The van der Waals surface area contributed by atoms with Crippen molar-refractivity contribution in [2.45, 2.75) is 0 Å². The van der Waals surface area contributed by atoms with Crippen LogP contribution >= 0.6 is 22.7 Å². The van der Waals surface area contributed by atoms with Crippen molar-refractivity contribution >= 4 is 54.0 Å². The van der Waals surface area contributed by atoms with Crippen molar-refractivity contribution in [2.24, 2.45) is 0 Å². The summed E-state index contributed by atoms with van der Waals surface area (Å²) < 4.78 is 14.1. The Bertz CT molecular complexity index is 1390. The highest BCUT2D eigenvalue weighted by molar-refractivity contribution is 7.33. The molecule has 2 N–H and O–H groups in total. The van der Waals surface area contributed by atoms with Crippen LogP contribution in [0.4, 0.5) is 5.95 Å². The van der Waals surface area contributed by atoms with Gasteiger partial charge in [-0.1, -0.05) is 18.2 Å². The van der Waals surface area contributed by atoms with Gasteiger partial charge in [0, 0.05) is 20.9 Å². The van der Waals surface area contributed by atoms with Gasteiger partial charge in [-0.25, -0.2) is 0 Å². The van der Waals surface area contributed by atoms with E-state index in [0.29, 0.717) is 22.2 Å². The molecule has 5 rings (SSSR count). The average Bonchev–Trinajstić information content (AvgIpc) is 3.47. The van der Waals surface area contributed by atoms with Gasteiger partial charge in [-0.3, -0.25) is 15.2 Å². The molecule has 0 aliphatic heterocycles. The fourth-order valence-corrected chi connectivity index (χ4v) is 5.63. The summed E-state index contributed by atoms with van der Waals surface area (Å²) in [6.07, 6.45) is 0. The number of rotatable bonds is 5. The maximum Gasteiger partial charge on any atom is 0.268 e. The molecular formula is C21H16N4O3S2. The van der Waals surface area contributed by atoms with E-state index >= 15 is 0 Å². The zero-order valence-electron chi connectivity index (χ0n) is 16.1. The lowest BCUT2D eigenvalue weighted by Crippen LogP contribution is -2.11. The van der Waals surface area contributed by atoms with E-state index < -0.39 is 0 Å². The fraction of sp³-hybridized carbons (Fsp3) is 0.0952. The van der Waals surface area contributed by atoms with Crippen molar-refractivity contribution in [3.63, 3.8) is 0 Å². The molecule has 150 valence electrons. The standard InChI is InChI=1S/C21H16N4O3S2/c1-27-11-7-8-12(14(9-11)28-2)19-22-21(25-24-19)23-20(26)17-10-16-18(30-17)13-5-3-4-6-15(13)29-16/h3-10H,1-2H3,(H2,22,23,24,25,26). The first-order chi connectivity index (χ1) is 14.7. The summed E-state index contributed by atoms with van der Waals surface area (Å²) in [5.74, 6) is 1.72. The summed E-state index contributed by atoms with van der Waals surface area (Å²) in [6.45, 7) is 0. The second-order valence-electron chi connectivity index (χ2n) is 6.43. The van der Waals surface area contributed by atoms with E-state index in [0.717, 1.165) is 15.0 Å². The van der Waals surface area contributed by atoms with Crippen LogP contribution < -0.4 is 14.8 Å². The molecule has 0 aliphatic rings. The molecule has 0 unspecified atom stereocenters. The molecule has 0 radical (unpaired) electrons. The number of amides is 1. The monoisotopic (exact) mass is 436 g/mol. The molecule has 0 atom stereocenters. The number of aromatic amines is 1. The third-order valence-electron chi connectivity index (χ3n) is 4.65. The topological polar surface area (TPSA) is 89.1 Å². The molecule has 9 heteroatoms. The first-order valence-corrected chi connectivity index (χ1v) is 10.7. The molecule has 0 bridgehead atoms. The molecule has 0 spiro atoms. The number of nitrogens with zero attached hydrogens (tertiary/aromatic N) is 2. The Labute approximate surface area is 179 Å². The number of methoxy groups -OCH3 is 2. The highest BCUT2D eigenvalue weighted by Gasteiger charge is 2.17. The van der Waals surface area contributed by atoms with Gasteiger partial charge in [0.2, 0.25) is 5.95 Å². The lowest BCUT2D eigenvalue weighted by atomic mass is 10.2. The van der Waals surface area contributed by atoms with Gasteiger partial charge in [-0.15, -0.1) is 27.8 Å². The zero-order valence-corrected chi connectivity index (χ0v) is 17.7. The predicted octanol–water partition coefficient (Wildman–Crippen LogP) is 5.17. The SMILES string of the molecule is COc1ccc(-c2nc(NC(=O)c3cc4sc5ccccc5c4s3)n[nH]2)c(OC)c1. The normalized spacial score (nSPS) is 11.1. The van der Waals surface area contributed by atoms with E-state index in [1.807, 2.05) is 24.3 Å². The molecule has 5 aromatic rings. The largest absolute Gasteiger partial charge is 0.497 e. The number of fused-ring (bicyclic) bond motifs is 3. The number of aromatic nitrogens is 3. The van der Waals surface area contributed by atoms with Crippen LogP contribution in [0.2, 0.25) is 0 Å². The number of anilines is 1. The maximum absolute atomic E-state index is 12.7. The highest BCUT2D eigenvalue weighted by Crippen LogP contribution is 2.39. The van der Waals surface area contributed by atoms with E-state index in [4.69, 9.17) is 9.47 Å². The number of ether oxygens (including phenoxy) is 2. The average molecular weight is 437 g/mol. The molecule has 30 heavy (non-hydrogen) atoms. The van der Waals surface area contributed by atoms with Crippen LogP contribution in [0, 0.1) is 0 Å². The van der Waals surface area contributed by atoms with Crippen LogP contribution in [-0.4, -0.2) is 35.3 Å². The number of hydrogen-bond acceptors (Lipinski definition) is 7. The van der Waals surface area contributed by atoms with Crippen LogP contribution in [0.5, 0.6) is 11.5 Å². The molecule has 7 nitrogen and oxygen atoms in total. The molecule has 2 aromatic carbocycles. The Balaban J connectivity index is 1.40. The first-order valence-electron chi connectivity index (χ1n) is 9.03. The van der Waals surface area contributed by atoms with Crippen molar-refractivity contribution < 1.29 is 14.3 Å². The van der Waals surface area contributed by atoms with Crippen molar-refractivity contribution in [3.05, 3.63) is 53.4 Å². The molecule has 1 amide bonds. The van der Waals surface area contributed by atoms with Gasteiger partial charge < -0.3 is 9.47 Å². The fourth-order valence-electron chi connectivity index (χ4n) is 3.21. The molecule has 3 heterocycles. The van der Waals surface area contributed by atoms with Gasteiger partial charge in [0.15, 0.2) is 5.82 Å². The van der Waals surface area contributed by atoms with E-state index in [1.165, 1.54) is 21.4 Å². The second kappa shape index (κ2) is 7.43. The quantitative estimate of drug-likeness (QED) is 0.397. The van der Waals surface area contributed by atoms with E-state index in [-0.39, 0.29) is 11.9 Å². The minimum atomic E-state index is -0.236. The number of benzene rings is 2. The van der Waals surface area contributed by atoms with Gasteiger partial charge in [-0.2, -0.15) is 4.98 Å². The Morgan fingerprint density at radius 1 is 1.03 bits per heavy atom. The van der Waals surface area contributed by atoms with E-state index in [9.17, 15) is 4.79 Å². The van der Waals surface area contributed by atoms with Crippen LogP contribution in [0.3, 0.4) is 0 Å². The van der Waals surface area contributed by atoms with Crippen LogP contribution in [0.15, 0.2) is 48.5 Å². The summed E-state index contributed by atoms with van der Waals surface area (Å²) in [5.41, 5.74) is 0.717. The van der Waals surface area contributed by atoms with Crippen molar-refractivity contribution in [2.75, 3.05) is 19.5 Å². The predicted molar refractivity (Wildman–Crippen MR) is 120 cm³/mol. The lowest BCUT2D eigenvalue weighted by Gasteiger charge is -2.07. The lowest BCUT2D eigenvalue weighted by molar-refractivity contribution is 0.103. The van der Waals surface area contributed by atoms with Gasteiger partial charge >= 0.3 is 0 Å². The summed E-state index contributed by atoms with van der Waals surface area (Å²) in [4.78, 5) is 17.7. The molecule has 0 aliphatic carbocycles. The van der Waals surface area contributed by atoms with Gasteiger partial charge in [0.25, 0.3) is 5.91 Å². The molecule has 0 saturated carbocycles. The van der Waals surface area contributed by atoms with Crippen molar-refractivity contribution in [1.29, 1.82) is 0 Å². The molecule has 0 saturated heterocycles. The number of hydrogen-bond donors (Lipinski definition) is 2. The summed E-state index contributed by atoms with van der Waals surface area (Å²) in [6, 6.07) is 15.5. The van der Waals surface area contributed by atoms with Gasteiger partial charge in [0.05, 0.1) is 29.4 Å². The third-order valence-corrected chi connectivity index (χ3v) is 7.06. The minimum Gasteiger partial charge on any atom is -0.497 e. The highest BCUT2D eigenvalue weighted by atomic mass is 32.1. The Hall–Kier alpha value is -3.43. The minimum absolute atomic E-state index is 0.203. The maximum atomic E-state index is 12.7. The number of carbonyl (C=O) groups excluding carboxylic acids is 1.